The van der Waals surface area contributed by atoms with E-state index in [2.05, 4.69) is 16.0 Å². The predicted molar refractivity (Wildman–Crippen MR) is 149 cm³/mol. The lowest BCUT2D eigenvalue weighted by atomic mass is 9.87. The number of aliphatic hydroxyl groups is 1. The van der Waals surface area contributed by atoms with E-state index in [0.717, 1.165) is 6.42 Å². The van der Waals surface area contributed by atoms with Crippen molar-refractivity contribution in [1.82, 2.24) is 20.9 Å². The molecule has 1 saturated carbocycles. The van der Waals surface area contributed by atoms with E-state index in [-0.39, 0.29) is 43.2 Å². The van der Waals surface area contributed by atoms with Gasteiger partial charge in [-0.3, -0.25) is 18.9 Å². The van der Waals surface area contributed by atoms with Gasteiger partial charge in [0, 0.05) is 25.4 Å². The van der Waals surface area contributed by atoms with Gasteiger partial charge in [-0.15, -0.1) is 0 Å². The summed E-state index contributed by atoms with van der Waals surface area (Å²) in [5.41, 5.74) is -2.36. The van der Waals surface area contributed by atoms with Gasteiger partial charge in [-0.1, -0.05) is 46.0 Å². The minimum absolute atomic E-state index is 0.0147. The first-order valence-corrected chi connectivity index (χ1v) is 16.3. The zero-order valence-electron chi connectivity index (χ0n) is 24.0. The van der Waals surface area contributed by atoms with Crippen LogP contribution in [-0.4, -0.2) is 90.0 Å². The van der Waals surface area contributed by atoms with Crippen LogP contribution in [0.2, 0.25) is 0 Å². The van der Waals surface area contributed by atoms with Crippen LogP contribution in [0.4, 0.5) is 4.79 Å². The molecule has 2 saturated heterocycles. The third kappa shape index (κ3) is 10.1. The minimum Gasteiger partial charge on any atom is -0.447 e. The standard InChI is InChI=1S/C27H46N4O9S/c1-17(2)14-21(25(34)29-22(26(35)41(37,38)39)15-19-10-12-28-24(19)33)30-27(36)40-16-20-8-9-23(32)31(20)13-11-18-6-4-3-5-7-18/h17-22,26,35H,3-16H2,1-2H3,(H,28,33)(H,29,34)(H,30,36)(H,37,38,39)/t19-,20-,21-,22-,26?/m0/s1. The number of carbonyl (C=O) groups excluding carboxylic acids is 4. The van der Waals surface area contributed by atoms with Gasteiger partial charge in [0.25, 0.3) is 10.1 Å². The lowest BCUT2D eigenvalue weighted by Crippen LogP contribution is -2.55. The molecule has 2 aliphatic heterocycles. The number of nitrogens with one attached hydrogen (secondary N) is 3. The highest BCUT2D eigenvalue weighted by molar-refractivity contribution is 7.86. The van der Waals surface area contributed by atoms with Crippen molar-refractivity contribution >= 4 is 33.9 Å². The molecule has 0 radical (unpaired) electrons. The van der Waals surface area contributed by atoms with Crippen molar-refractivity contribution in [2.24, 2.45) is 17.8 Å². The Balaban J connectivity index is 1.58. The van der Waals surface area contributed by atoms with Gasteiger partial charge in [0.2, 0.25) is 23.2 Å². The van der Waals surface area contributed by atoms with Crippen LogP contribution in [0.5, 0.6) is 0 Å². The Hall–Kier alpha value is -2.45. The van der Waals surface area contributed by atoms with Gasteiger partial charge in [-0.05, 0) is 43.9 Å². The van der Waals surface area contributed by atoms with Gasteiger partial charge < -0.3 is 30.7 Å². The second kappa shape index (κ2) is 15.1. The smallest absolute Gasteiger partial charge is 0.407 e. The Bertz CT molecular complexity index is 1030. The molecule has 4 amide bonds. The molecule has 0 spiro atoms. The van der Waals surface area contributed by atoms with Crippen molar-refractivity contribution in [3.8, 4) is 0 Å². The molecule has 5 N–H and O–H groups in total. The maximum absolute atomic E-state index is 13.2. The normalized spacial score (nSPS) is 24.2. The quantitative estimate of drug-likeness (QED) is 0.182. The van der Waals surface area contributed by atoms with Gasteiger partial charge >= 0.3 is 6.09 Å². The summed E-state index contributed by atoms with van der Waals surface area (Å²) in [6.45, 7) is 4.65. The summed E-state index contributed by atoms with van der Waals surface area (Å²) >= 11 is 0. The molecule has 0 aromatic rings. The van der Waals surface area contributed by atoms with Crippen LogP contribution in [-0.2, 0) is 29.2 Å². The molecule has 234 valence electrons. The molecule has 13 nitrogen and oxygen atoms in total. The molecular weight excluding hydrogens is 556 g/mol. The average Bonchev–Trinajstić information content (AvgIpc) is 3.48. The minimum atomic E-state index is -4.95. The Labute approximate surface area is 242 Å². The maximum Gasteiger partial charge on any atom is 0.407 e. The number of hydrogen-bond donors (Lipinski definition) is 5. The fourth-order valence-electron chi connectivity index (χ4n) is 6.04. The van der Waals surface area contributed by atoms with E-state index in [1.54, 1.807) is 4.90 Å². The summed E-state index contributed by atoms with van der Waals surface area (Å²) in [5, 5.41) is 17.8. The summed E-state index contributed by atoms with van der Waals surface area (Å²) in [4.78, 5) is 52.2. The summed E-state index contributed by atoms with van der Waals surface area (Å²) < 4.78 is 38.2. The third-order valence-electron chi connectivity index (χ3n) is 8.36. The van der Waals surface area contributed by atoms with Crippen LogP contribution in [0, 0.1) is 17.8 Å². The second-order valence-corrected chi connectivity index (χ2v) is 13.5. The van der Waals surface area contributed by atoms with Gasteiger partial charge in [0.15, 0.2) is 0 Å². The SMILES string of the molecule is CC(C)C[C@H](NC(=O)OC[C@@H]1CCC(=O)N1CCC1CCCCC1)C(=O)N[C@@H](C[C@@H]1CCNC1=O)C(O)S(=O)(=O)O. The number of hydrogen-bond acceptors (Lipinski definition) is 8. The van der Waals surface area contributed by atoms with Gasteiger partial charge in [-0.2, -0.15) is 8.42 Å². The van der Waals surface area contributed by atoms with E-state index in [9.17, 15) is 37.3 Å². The van der Waals surface area contributed by atoms with Crippen LogP contribution < -0.4 is 16.0 Å². The predicted octanol–water partition coefficient (Wildman–Crippen LogP) is 1.31. The molecule has 0 aromatic heterocycles. The average molecular weight is 603 g/mol. The molecule has 14 heteroatoms. The fourth-order valence-corrected chi connectivity index (χ4v) is 6.64. The zero-order valence-corrected chi connectivity index (χ0v) is 24.9. The van der Waals surface area contributed by atoms with Gasteiger partial charge in [0.05, 0.1) is 12.1 Å². The van der Waals surface area contributed by atoms with Crippen molar-refractivity contribution in [3.63, 3.8) is 0 Å². The van der Waals surface area contributed by atoms with Crippen LogP contribution >= 0.6 is 0 Å². The second-order valence-electron chi connectivity index (χ2n) is 12.0. The number of amides is 4. The van der Waals surface area contributed by atoms with Crippen molar-refractivity contribution in [2.75, 3.05) is 19.7 Å². The van der Waals surface area contributed by atoms with Gasteiger partial charge in [-0.25, -0.2) is 4.79 Å². The van der Waals surface area contributed by atoms with Crippen LogP contribution in [0.25, 0.3) is 0 Å². The number of likely N-dealkylation sites (tertiary alicyclic amines) is 1. The third-order valence-corrected chi connectivity index (χ3v) is 9.30. The molecule has 3 aliphatic rings. The highest BCUT2D eigenvalue weighted by Crippen LogP contribution is 2.28. The topological polar surface area (TPSA) is 191 Å². The molecule has 3 fully saturated rings. The highest BCUT2D eigenvalue weighted by Gasteiger charge is 2.38. The molecule has 1 aliphatic carbocycles. The lowest BCUT2D eigenvalue weighted by Gasteiger charge is -2.29. The van der Waals surface area contributed by atoms with Gasteiger partial charge in [0.1, 0.15) is 12.6 Å². The molecule has 3 rings (SSSR count). The van der Waals surface area contributed by atoms with Crippen molar-refractivity contribution in [3.05, 3.63) is 0 Å². The monoisotopic (exact) mass is 602 g/mol. The molecule has 0 aromatic carbocycles. The van der Waals surface area contributed by atoms with Crippen molar-refractivity contribution in [1.29, 1.82) is 0 Å². The van der Waals surface area contributed by atoms with E-state index in [1.165, 1.54) is 32.1 Å². The molecular formula is C27H46N4O9S. The lowest BCUT2D eigenvalue weighted by molar-refractivity contribution is -0.129. The first-order valence-electron chi connectivity index (χ1n) is 14.8. The van der Waals surface area contributed by atoms with E-state index in [0.29, 0.717) is 38.3 Å². The largest absolute Gasteiger partial charge is 0.447 e. The summed E-state index contributed by atoms with van der Waals surface area (Å²) in [6, 6.07) is -2.86. The van der Waals surface area contributed by atoms with Crippen LogP contribution in [0.3, 0.4) is 0 Å². The van der Waals surface area contributed by atoms with Crippen LogP contribution in [0.15, 0.2) is 0 Å². The Kier molecular flexibility index (Phi) is 12.2. The zero-order chi connectivity index (χ0) is 30.2. The molecule has 5 atom stereocenters. The summed E-state index contributed by atoms with van der Waals surface area (Å²) in [5.74, 6) is -1.18. The number of aliphatic hydroxyl groups excluding tert-OH is 1. The number of nitrogens with zero attached hydrogens (tertiary/aromatic N) is 1. The van der Waals surface area contributed by atoms with Crippen molar-refractivity contribution < 1.29 is 42.0 Å². The Morgan fingerprint density at radius 2 is 1.80 bits per heavy atom. The summed E-state index contributed by atoms with van der Waals surface area (Å²) in [6.07, 6.45) is 7.46. The summed E-state index contributed by atoms with van der Waals surface area (Å²) in [7, 11) is -4.95. The molecule has 0 bridgehead atoms. The highest BCUT2D eigenvalue weighted by atomic mass is 32.2. The van der Waals surface area contributed by atoms with E-state index in [4.69, 9.17) is 4.74 Å². The van der Waals surface area contributed by atoms with E-state index in [1.807, 2.05) is 13.8 Å². The van der Waals surface area contributed by atoms with Crippen molar-refractivity contribution in [2.45, 2.75) is 108 Å². The number of ether oxygens (including phenoxy) is 1. The Morgan fingerprint density at radius 1 is 1.10 bits per heavy atom. The molecule has 2 heterocycles. The molecule has 1 unspecified atom stereocenters. The first kappa shape index (κ1) is 33.1. The maximum atomic E-state index is 13.2. The van der Waals surface area contributed by atoms with Crippen LogP contribution in [0.1, 0.15) is 84.5 Å². The van der Waals surface area contributed by atoms with E-state index >= 15 is 0 Å². The van der Waals surface area contributed by atoms with E-state index < -0.39 is 45.6 Å². The number of rotatable bonds is 14. The first-order chi connectivity index (χ1) is 19.3. The molecule has 41 heavy (non-hydrogen) atoms. The fraction of sp³-hybridized carbons (Fsp3) is 0.852. The Morgan fingerprint density at radius 3 is 2.41 bits per heavy atom. The number of alkyl carbamates (subject to hydrolysis) is 1. The number of carbonyl (C=O) groups is 4.